The maximum Gasteiger partial charge on any atom is 0.294 e. The molecule has 2 rings (SSSR count). The highest BCUT2D eigenvalue weighted by atomic mass is 32.2. The van der Waals surface area contributed by atoms with Crippen LogP contribution in [0.1, 0.15) is 5.56 Å². The zero-order valence-electron chi connectivity index (χ0n) is 8.37. The van der Waals surface area contributed by atoms with Gasteiger partial charge >= 0.3 is 0 Å². The lowest BCUT2D eigenvalue weighted by molar-refractivity contribution is -0.687. The highest BCUT2D eigenvalue weighted by molar-refractivity contribution is 7.85. The van der Waals surface area contributed by atoms with Gasteiger partial charge in [-0.15, -0.1) is 0 Å². The van der Waals surface area contributed by atoms with Gasteiger partial charge in [0.1, 0.15) is 18.9 Å². The second-order valence-electron chi connectivity index (χ2n) is 3.40. The van der Waals surface area contributed by atoms with E-state index >= 15 is 0 Å². The highest BCUT2D eigenvalue weighted by Gasteiger charge is 2.08. The number of aromatic amines is 1. The van der Waals surface area contributed by atoms with E-state index in [1.54, 1.807) is 24.7 Å². The summed E-state index contributed by atoms with van der Waals surface area (Å²) >= 11 is 0. The summed E-state index contributed by atoms with van der Waals surface area (Å²) in [6.45, 7) is 0.648. The van der Waals surface area contributed by atoms with Crippen LogP contribution in [-0.2, 0) is 16.7 Å². The standard InChI is InChI=1S/C10H10N2O3S/c13-16(14,15)10-3-1-9(2-4-10)7-12-6-5-11-8-12/h1-6,8H,7H2,(H,13,14,15)/p+1. The summed E-state index contributed by atoms with van der Waals surface area (Å²) in [5, 5.41) is 0. The molecule has 0 bridgehead atoms. The molecule has 0 unspecified atom stereocenters. The average Bonchev–Trinajstić information content (AvgIpc) is 2.70. The molecular formula is C10H11N2O3S+. The average molecular weight is 239 g/mol. The lowest BCUT2D eigenvalue weighted by atomic mass is 10.2. The van der Waals surface area contributed by atoms with Crippen molar-refractivity contribution in [1.29, 1.82) is 0 Å². The van der Waals surface area contributed by atoms with E-state index < -0.39 is 10.1 Å². The van der Waals surface area contributed by atoms with Crippen molar-refractivity contribution in [2.45, 2.75) is 11.4 Å². The van der Waals surface area contributed by atoms with Gasteiger partial charge in [-0.1, -0.05) is 12.1 Å². The quantitative estimate of drug-likeness (QED) is 0.608. The summed E-state index contributed by atoms with van der Waals surface area (Å²) in [7, 11) is -4.09. The van der Waals surface area contributed by atoms with Gasteiger partial charge in [-0.3, -0.25) is 9.54 Å². The van der Waals surface area contributed by atoms with Crippen LogP contribution in [0.25, 0.3) is 0 Å². The van der Waals surface area contributed by atoms with Crippen molar-refractivity contribution < 1.29 is 17.5 Å². The zero-order valence-corrected chi connectivity index (χ0v) is 9.18. The minimum Gasteiger partial charge on any atom is -0.282 e. The molecule has 2 N–H and O–H groups in total. The predicted octanol–water partition coefficient (Wildman–Crippen LogP) is 0.597. The topological polar surface area (TPSA) is 74.0 Å². The first-order valence-corrected chi connectivity index (χ1v) is 6.08. The smallest absolute Gasteiger partial charge is 0.282 e. The molecule has 0 amide bonds. The fourth-order valence-electron chi connectivity index (χ4n) is 1.40. The number of nitrogens with zero attached hydrogens (tertiary/aromatic N) is 1. The van der Waals surface area contributed by atoms with Crippen molar-refractivity contribution in [1.82, 2.24) is 4.98 Å². The van der Waals surface area contributed by atoms with Gasteiger partial charge in [0.2, 0.25) is 6.33 Å². The van der Waals surface area contributed by atoms with Crippen LogP contribution in [0, 0.1) is 0 Å². The minimum atomic E-state index is -4.09. The molecule has 0 spiro atoms. The minimum absolute atomic E-state index is 0.0877. The second kappa shape index (κ2) is 4.07. The summed E-state index contributed by atoms with van der Waals surface area (Å²) < 4.78 is 32.3. The first-order valence-electron chi connectivity index (χ1n) is 4.64. The van der Waals surface area contributed by atoms with Gasteiger partial charge in [-0.25, -0.2) is 4.57 Å². The van der Waals surface area contributed by atoms with Crippen LogP contribution in [0.3, 0.4) is 0 Å². The number of rotatable bonds is 3. The van der Waals surface area contributed by atoms with E-state index in [0.29, 0.717) is 6.54 Å². The van der Waals surface area contributed by atoms with Crippen LogP contribution in [0.5, 0.6) is 0 Å². The Balaban J connectivity index is 2.20. The van der Waals surface area contributed by atoms with Gasteiger partial charge in [0, 0.05) is 0 Å². The van der Waals surface area contributed by atoms with Crippen LogP contribution in [-0.4, -0.2) is 18.0 Å². The lowest BCUT2D eigenvalue weighted by Crippen LogP contribution is -2.30. The fraction of sp³-hybridized carbons (Fsp3) is 0.100. The molecule has 0 radical (unpaired) electrons. The summed E-state index contributed by atoms with van der Waals surface area (Å²) in [4.78, 5) is 2.83. The predicted molar refractivity (Wildman–Crippen MR) is 56.3 cm³/mol. The second-order valence-corrected chi connectivity index (χ2v) is 4.82. The van der Waals surface area contributed by atoms with Crippen LogP contribution in [0.2, 0.25) is 0 Å². The first-order chi connectivity index (χ1) is 7.55. The largest absolute Gasteiger partial charge is 0.294 e. The van der Waals surface area contributed by atoms with E-state index in [0.717, 1.165) is 5.56 Å². The van der Waals surface area contributed by atoms with Gasteiger partial charge in [-0.05, 0) is 17.7 Å². The van der Waals surface area contributed by atoms with E-state index in [2.05, 4.69) is 4.98 Å². The normalized spacial score (nSPS) is 11.6. The Labute approximate surface area is 93.1 Å². The van der Waals surface area contributed by atoms with Crippen LogP contribution in [0.15, 0.2) is 47.9 Å². The van der Waals surface area contributed by atoms with E-state index in [1.807, 2.05) is 10.8 Å². The van der Waals surface area contributed by atoms with E-state index in [-0.39, 0.29) is 4.90 Å². The molecule has 0 saturated carbocycles. The Morgan fingerprint density at radius 3 is 2.44 bits per heavy atom. The Morgan fingerprint density at radius 1 is 1.25 bits per heavy atom. The summed E-state index contributed by atoms with van der Waals surface area (Å²) in [6.07, 6.45) is 5.47. The van der Waals surface area contributed by atoms with Crippen LogP contribution < -0.4 is 4.57 Å². The Bertz CT molecular complexity index is 559. The molecule has 5 nitrogen and oxygen atoms in total. The van der Waals surface area contributed by atoms with E-state index in [1.165, 1.54) is 12.1 Å². The van der Waals surface area contributed by atoms with Crippen LogP contribution >= 0.6 is 0 Å². The third kappa shape index (κ3) is 2.47. The third-order valence-electron chi connectivity index (χ3n) is 2.19. The molecule has 0 aliphatic rings. The summed E-state index contributed by atoms with van der Waals surface area (Å²) in [5.74, 6) is 0. The van der Waals surface area contributed by atoms with E-state index in [9.17, 15) is 8.42 Å². The fourth-order valence-corrected chi connectivity index (χ4v) is 1.88. The van der Waals surface area contributed by atoms with E-state index in [4.69, 9.17) is 4.55 Å². The molecule has 1 heterocycles. The maximum atomic E-state index is 10.8. The molecule has 0 atom stereocenters. The monoisotopic (exact) mass is 239 g/mol. The zero-order chi connectivity index (χ0) is 11.6. The molecule has 0 aliphatic heterocycles. The third-order valence-corrected chi connectivity index (χ3v) is 3.06. The lowest BCUT2D eigenvalue weighted by Gasteiger charge is -1.99. The molecular weight excluding hydrogens is 228 g/mol. The van der Waals surface area contributed by atoms with Gasteiger partial charge in [0.15, 0.2) is 0 Å². The molecule has 0 saturated heterocycles. The van der Waals surface area contributed by atoms with Crippen molar-refractivity contribution in [2.75, 3.05) is 0 Å². The number of hydrogen-bond acceptors (Lipinski definition) is 2. The van der Waals surface area contributed by atoms with Crippen molar-refractivity contribution >= 4 is 10.1 Å². The number of imidazole rings is 1. The van der Waals surface area contributed by atoms with Crippen molar-refractivity contribution in [3.8, 4) is 0 Å². The van der Waals surface area contributed by atoms with Gasteiger partial charge in [0.25, 0.3) is 10.1 Å². The molecule has 1 aromatic carbocycles. The summed E-state index contributed by atoms with van der Waals surface area (Å²) in [6, 6.07) is 6.11. The Morgan fingerprint density at radius 2 is 1.94 bits per heavy atom. The number of H-pyrrole nitrogens is 1. The number of nitrogens with one attached hydrogen (secondary N) is 1. The number of aromatic nitrogens is 2. The van der Waals surface area contributed by atoms with Gasteiger partial charge < -0.3 is 0 Å². The Kier molecular flexibility index (Phi) is 2.76. The van der Waals surface area contributed by atoms with Crippen molar-refractivity contribution in [3.63, 3.8) is 0 Å². The molecule has 0 fully saturated rings. The van der Waals surface area contributed by atoms with Crippen molar-refractivity contribution in [2.24, 2.45) is 0 Å². The SMILES string of the molecule is O=S(=O)(O)c1ccc(C[n+]2cc[nH]c2)cc1. The molecule has 84 valence electrons. The van der Waals surface area contributed by atoms with Gasteiger partial charge in [0.05, 0.1) is 4.90 Å². The molecule has 2 aromatic rings. The molecule has 16 heavy (non-hydrogen) atoms. The molecule has 0 aliphatic carbocycles. The molecule has 1 aromatic heterocycles. The van der Waals surface area contributed by atoms with Crippen molar-refractivity contribution in [3.05, 3.63) is 48.5 Å². The molecule has 6 heteroatoms. The maximum absolute atomic E-state index is 10.8. The number of hydrogen-bond donors (Lipinski definition) is 2. The Hall–Kier alpha value is -1.66. The van der Waals surface area contributed by atoms with Crippen LogP contribution in [0.4, 0.5) is 0 Å². The number of benzene rings is 1. The summed E-state index contributed by atoms with van der Waals surface area (Å²) in [5.41, 5.74) is 0.956. The van der Waals surface area contributed by atoms with Gasteiger partial charge in [-0.2, -0.15) is 8.42 Å². The first kappa shape index (κ1) is 10.8. The highest BCUT2D eigenvalue weighted by Crippen LogP contribution is 2.09.